The predicted octanol–water partition coefficient (Wildman–Crippen LogP) is 12.5. The molecule has 260 valence electrons. The second kappa shape index (κ2) is 12.6. The van der Waals surface area contributed by atoms with Crippen LogP contribution in [0.3, 0.4) is 0 Å². The molecule has 7 aromatic rings. The number of allylic oxidation sites excluding steroid dienone is 4. The largest absolute Gasteiger partial charge is 0.457 e. The fourth-order valence-corrected chi connectivity index (χ4v) is 8.80. The summed E-state index contributed by atoms with van der Waals surface area (Å²) < 4.78 is 6.71. The van der Waals surface area contributed by atoms with E-state index in [4.69, 9.17) is 19.7 Å². The molecule has 1 aliphatic heterocycles. The van der Waals surface area contributed by atoms with Crippen LogP contribution in [0.1, 0.15) is 60.9 Å². The highest BCUT2D eigenvalue weighted by atomic mass is 16.5. The summed E-state index contributed by atoms with van der Waals surface area (Å²) in [7, 11) is 0. The average Bonchev–Trinajstić information content (AvgIpc) is 3.36. The number of hydrogen-bond acceptors (Lipinski definition) is 4. The Morgan fingerprint density at radius 2 is 1.11 bits per heavy atom. The Labute approximate surface area is 316 Å². The Morgan fingerprint density at radius 3 is 1.83 bits per heavy atom. The molecule has 0 saturated heterocycles. The Balaban J connectivity index is 1.17. The topological polar surface area (TPSA) is 47.9 Å². The fourth-order valence-electron chi connectivity index (χ4n) is 8.80. The van der Waals surface area contributed by atoms with Crippen molar-refractivity contribution in [3.05, 3.63) is 192 Å². The van der Waals surface area contributed by atoms with E-state index in [1.807, 2.05) is 18.2 Å². The molecule has 3 aliphatic rings. The minimum Gasteiger partial charge on any atom is -0.457 e. The van der Waals surface area contributed by atoms with Gasteiger partial charge in [-0.15, -0.1) is 0 Å². The summed E-state index contributed by atoms with van der Waals surface area (Å²) in [5, 5.41) is 0. The Bertz CT molecular complexity index is 2610. The summed E-state index contributed by atoms with van der Waals surface area (Å²) in [6.45, 7) is 4.68. The van der Waals surface area contributed by atoms with Gasteiger partial charge >= 0.3 is 0 Å². The van der Waals surface area contributed by atoms with Gasteiger partial charge in [-0.05, 0) is 82.0 Å². The van der Waals surface area contributed by atoms with Crippen molar-refractivity contribution >= 4 is 5.57 Å². The summed E-state index contributed by atoms with van der Waals surface area (Å²) in [6, 6.07) is 51.4. The molecule has 6 aromatic carbocycles. The highest BCUT2D eigenvalue weighted by Crippen LogP contribution is 2.62. The van der Waals surface area contributed by atoms with Gasteiger partial charge < -0.3 is 4.74 Å². The van der Waals surface area contributed by atoms with Crippen molar-refractivity contribution in [1.82, 2.24) is 15.0 Å². The Kier molecular flexibility index (Phi) is 7.55. The molecule has 2 aliphatic carbocycles. The van der Waals surface area contributed by atoms with E-state index in [0.29, 0.717) is 17.5 Å². The van der Waals surface area contributed by atoms with Gasteiger partial charge in [-0.1, -0.05) is 154 Å². The molecule has 10 rings (SSSR count). The zero-order valence-electron chi connectivity index (χ0n) is 30.5. The summed E-state index contributed by atoms with van der Waals surface area (Å²) in [5.74, 6) is 3.61. The maximum absolute atomic E-state index is 6.71. The minimum absolute atomic E-state index is 0.226. The molecule has 0 radical (unpaired) electrons. The zero-order chi connectivity index (χ0) is 36.3. The van der Waals surface area contributed by atoms with Gasteiger partial charge in [0.1, 0.15) is 11.5 Å². The third-order valence-electron chi connectivity index (χ3n) is 11.8. The second-order valence-electron chi connectivity index (χ2n) is 15.1. The fraction of sp³-hybridized carbons (Fsp3) is 0.140. The van der Waals surface area contributed by atoms with Crippen LogP contribution in [0.15, 0.2) is 164 Å². The van der Waals surface area contributed by atoms with Crippen LogP contribution in [-0.2, 0) is 5.41 Å². The van der Waals surface area contributed by atoms with Crippen LogP contribution in [0.25, 0.3) is 50.9 Å². The van der Waals surface area contributed by atoms with Gasteiger partial charge in [0.2, 0.25) is 0 Å². The van der Waals surface area contributed by atoms with E-state index in [9.17, 15) is 0 Å². The average molecular weight is 698 g/mol. The molecule has 1 spiro atoms. The molecule has 54 heavy (non-hydrogen) atoms. The molecular weight excluding hydrogens is 659 g/mol. The molecule has 1 aromatic heterocycles. The SMILES string of the molecule is CCC1(C)CC=CC=C(c2cccc(-c3nc(-c4ccccc4)nc(-c4ccc5c(c4)C4(c6ccccc6O5)c5ccccc5-c5ccccc54)n3)c2)C1. The molecule has 0 amide bonds. The highest BCUT2D eigenvalue weighted by molar-refractivity contribution is 5.89. The monoisotopic (exact) mass is 697 g/mol. The van der Waals surface area contributed by atoms with E-state index in [1.165, 1.54) is 33.4 Å². The molecule has 0 N–H and O–H groups in total. The van der Waals surface area contributed by atoms with Crippen LogP contribution in [0, 0.1) is 5.41 Å². The van der Waals surface area contributed by atoms with Gasteiger partial charge in [0, 0.05) is 27.8 Å². The summed E-state index contributed by atoms with van der Waals surface area (Å²) >= 11 is 0. The molecule has 1 unspecified atom stereocenters. The number of benzene rings is 6. The molecule has 1 atom stereocenters. The lowest BCUT2D eigenvalue weighted by Gasteiger charge is -2.39. The highest BCUT2D eigenvalue weighted by Gasteiger charge is 2.51. The van der Waals surface area contributed by atoms with Crippen LogP contribution < -0.4 is 4.74 Å². The van der Waals surface area contributed by atoms with Crippen LogP contribution in [0.5, 0.6) is 11.5 Å². The first-order chi connectivity index (χ1) is 26.5. The van der Waals surface area contributed by atoms with Crippen molar-refractivity contribution in [2.24, 2.45) is 5.41 Å². The van der Waals surface area contributed by atoms with Gasteiger partial charge in [0.15, 0.2) is 17.5 Å². The van der Waals surface area contributed by atoms with Crippen molar-refractivity contribution in [1.29, 1.82) is 0 Å². The zero-order valence-corrected chi connectivity index (χ0v) is 30.5. The summed E-state index contributed by atoms with van der Waals surface area (Å²) in [5.41, 5.74) is 12.2. The number of hydrogen-bond donors (Lipinski definition) is 0. The standard InChI is InChI=1S/C50H39N3O/c1-3-49(2)29-14-13-18-37(32-49)34-19-15-20-35(30-34)47-51-46(33-16-5-4-6-17-33)52-48(53-47)36-27-28-45-43(31-36)50(42-25-11-12-26-44(42)54-45)40-23-9-7-21-38(40)39-22-8-10-24-41(39)50/h4-28,30-31H,3,29,32H2,1-2H3. The van der Waals surface area contributed by atoms with Gasteiger partial charge in [-0.2, -0.15) is 0 Å². The van der Waals surface area contributed by atoms with Gasteiger partial charge in [0.25, 0.3) is 0 Å². The van der Waals surface area contributed by atoms with Crippen LogP contribution in [-0.4, -0.2) is 15.0 Å². The second-order valence-corrected chi connectivity index (χ2v) is 15.1. The van der Waals surface area contributed by atoms with E-state index < -0.39 is 5.41 Å². The van der Waals surface area contributed by atoms with E-state index in [2.05, 4.69) is 159 Å². The molecule has 4 heteroatoms. The third kappa shape index (κ3) is 5.08. The van der Waals surface area contributed by atoms with Crippen molar-refractivity contribution in [2.75, 3.05) is 0 Å². The minimum atomic E-state index is -0.576. The van der Waals surface area contributed by atoms with Crippen molar-refractivity contribution in [3.8, 4) is 56.8 Å². The molecule has 0 saturated carbocycles. The van der Waals surface area contributed by atoms with E-state index in [1.54, 1.807) is 0 Å². The molecule has 0 bridgehead atoms. The van der Waals surface area contributed by atoms with Crippen molar-refractivity contribution < 1.29 is 4.74 Å². The van der Waals surface area contributed by atoms with E-state index >= 15 is 0 Å². The number of rotatable bonds is 5. The van der Waals surface area contributed by atoms with Gasteiger partial charge in [-0.3, -0.25) is 0 Å². The lowest BCUT2D eigenvalue weighted by atomic mass is 9.66. The third-order valence-corrected chi connectivity index (χ3v) is 11.8. The Hall–Kier alpha value is -6.39. The summed E-state index contributed by atoms with van der Waals surface area (Å²) in [4.78, 5) is 15.5. The Morgan fingerprint density at radius 1 is 0.537 bits per heavy atom. The number of nitrogens with zero attached hydrogens (tertiary/aromatic N) is 3. The molecular formula is C50H39N3O. The normalized spacial score (nSPS) is 17.4. The van der Waals surface area contributed by atoms with Gasteiger partial charge in [0.05, 0.1) is 5.41 Å². The number of para-hydroxylation sites is 1. The van der Waals surface area contributed by atoms with Gasteiger partial charge in [-0.25, -0.2) is 15.0 Å². The van der Waals surface area contributed by atoms with Crippen LogP contribution in [0.4, 0.5) is 0 Å². The first-order valence-electron chi connectivity index (χ1n) is 18.9. The van der Waals surface area contributed by atoms with E-state index in [-0.39, 0.29) is 5.41 Å². The molecule has 2 heterocycles. The quantitative estimate of drug-likeness (QED) is 0.180. The van der Waals surface area contributed by atoms with Crippen molar-refractivity contribution in [3.63, 3.8) is 0 Å². The number of aromatic nitrogens is 3. The first-order valence-corrected chi connectivity index (χ1v) is 18.9. The number of ether oxygens (including phenoxy) is 1. The number of fused-ring (bicyclic) bond motifs is 9. The van der Waals surface area contributed by atoms with Crippen LogP contribution in [0.2, 0.25) is 0 Å². The molecule has 0 fully saturated rings. The maximum atomic E-state index is 6.71. The lowest BCUT2D eigenvalue weighted by molar-refractivity contribution is 0.326. The summed E-state index contributed by atoms with van der Waals surface area (Å²) in [6.07, 6.45) is 10.0. The predicted molar refractivity (Wildman–Crippen MR) is 218 cm³/mol. The smallest absolute Gasteiger partial charge is 0.164 e. The lowest BCUT2D eigenvalue weighted by Crippen LogP contribution is -2.32. The van der Waals surface area contributed by atoms with E-state index in [0.717, 1.165) is 58.6 Å². The van der Waals surface area contributed by atoms with Crippen LogP contribution >= 0.6 is 0 Å². The molecule has 4 nitrogen and oxygen atoms in total. The maximum Gasteiger partial charge on any atom is 0.164 e. The first kappa shape index (κ1) is 32.3. The van der Waals surface area contributed by atoms with Crippen molar-refractivity contribution in [2.45, 2.75) is 38.5 Å².